The zero-order valence-corrected chi connectivity index (χ0v) is 25.7. The first-order chi connectivity index (χ1) is 21.0. The van der Waals surface area contributed by atoms with Crippen molar-refractivity contribution in [1.29, 1.82) is 0 Å². The quantitative estimate of drug-likeness (QED) is 0.203. The Kier molecular flexibility index (Phi) is 7.27. The van der Waals surface area contributed by atoms with Gasteiger partial charge in [0.2, 0.25) is 0 Å². The molecule has 6 aromatic rings. The third-order valence-corrected chi connectivity index (χ3v) is 9.40. The van der Waals surface area contributed by atoms with Crippen LogP contribution in [0.15, 0.2) is 127 Å². The van der Waals surface area contributed by atoms with Crippen LogP contribution in [0.4, 0.5) is 17.1 Å². The molecule has 1 aliphatic rings. The Morgan fingerprint density at radius 3 is 1.93 bits per heavy atom. The molecule has 0 aromatic heterocycles. The Morgan fingerprint density at radius 1 is 0.535 bits per heavy atom. The summed E-state index contributed by atoms with van der Waals surface area (Å²) < 4.78 is 0. The van der Waals surface area contributed by atoms with Gasteiger partial charge < -0.3 is 4.90 Å². The van der Waals surface area contributed by atoms with Gasteiger partial charge in [-0.3, -0.25) is 0 Å². The number of hydrogen-bond donors (Lipinski definition) is 0. The molecular weight excluding hydrogens is 518 g/mol. The third kappa shape index (κ3) is 5.34. The smallest absolute Gasteiger partial charge is 0.0540 e. The highest BCUT2D eigenvalue weighted by Gasteiger charge is 2.23. The van der Waals surface area contributed by atoms with Crippen LogP contribution in [-0.4, -0.2) is 0 Å². The molecule has 0 radical (unpaired) electrons. The number of anilines is 3. The highest BCUT2D eigenvalue weighted by Crippen LogP contribution is 2.46. The van der Waals surface area contributed by atoms with E-state index in [1.807, 2.05) is 0 Å². The van der Waals surface area contributed by atoms with Crippen molar-refractivity contribution in [2.45, 2.75) is 64.2 Å². The lowest BCUT2D eigenvalue weighted by Crippen LogP contribution is -2.14. The van der Waals surface area contributed by atoms with E-state index < -0.39 is 0 Å². The van der Waals surface area contributed by atoms with Crippen LogP contribution in [-0.2, 0) is 5.41 Å². The van der Waals surface area contributed by atoms with Crippen LogP contribution in [0.3, 0.4) is 0 Å². The normalized spacial score (nSPS) is 14.3. The highest BCUT2D eigenvalue weighted by atomic mass is 15.1. The van der Waals surface area contributed by atoms with Crippen molar-refractivity contribution in [3.05, 3.63) is 139 Å². The van der Waals surface area contributed by atoms with E-state index in [0.29, 0.717) is 5.92 Å². The predicted molar refractivity (Wildman–Crippen MR) is 186 cm³/mol. The van der Waals surface area contributed by atoms with Gasteiger partial charge in [-0.05, 0) is 92.7 Å². The van der Waals surface area contributed by atoms with Crippen molar-refractivity contribution in [2.75, 3.05) is 4.90 Å². The van der Waals surface area contributed by atoms with E-state index in [1.54, 1.807) is 0 Å². The monoisotopic (exact) mass is 559 g/mol. The van der Waals surface area contributed by atoms with Crippen molar-refractivity contribution in [2.24, 2.45) is 0 Å². The molecule has 1 heteroatoms. The third-order valence-electron chi connectivity index (χ3n) is 9.40. The van der Waals surface area contributed by atoms with Gasteiger partial charge in [0, 0.05) is 16.9 Å². The second kappa shape index (κ2) is 11.4. The van der Waals surface area contributed by atoms with Crippen molar-refractivity contribution >= 4 is 38.6 Å². The summed E-state index contributed by atoms with van der Waals surface area (Å²) in [6.07, 6.45) is 6.61. The fourth-order valence-corrected chi connectivity index (χ4v) is 7.10. The summed E-state index contributed by atoms with van der Waals surface area (Å²) in [5.41, 5.74) is 9.10. The Bertz CT molecular complexity index is 1880. The molecule has 0 bridgehead atoms. The summed E-state index contributed by atoms with van der Waals surface area (Å²) in [6.45, 7) is 6.84. The lowest BCUT2D eigenvalue weighted by Gasteiger charge is -2.30. The molecule has 0 atom stereocenters. The summed E-state index contributed by atoms with van der Waals surface area (Å²) in [5.74, 6) is 0.632. The van der Waals surface area contributed by atoms with E-state index in [4.69, 9.17) is 0 Å². The van der Waals surface area contributed by atoms with Gasteiger partial charge >= 0.3 is 0 Å². The average Bonchev–Trinajstić information content (AvgIpc) is 3.05. The van der Waals surface area contributed by atoms with Crippen molar-refractivity contribution in [3.63, 3.8) is 0 Å². The average molecular weight is 560 g/mol. The Morgan fingerprint density at radius 2 is 1.16 bits per heavy atom. The van der Waals surface area contributed by atoms with E-state index in [1.165, 1.54) is 93.0 Å². The maximum Gasteiger partial charge on any atom is 0.0540 e. The molecule has 0 spiro atoms. The first-order valence-corrected chi connectivity index (χ1v) is 16.0. The van der Waals surface area contributed by atoms with Gasteiger partial charge in [0.25, 0.3) is 0 Å². The molecule has 6 aromatic carbocycles. The molecule has 43 heavy (non-hydrogen) atoms. The van der Waals surface area contributed by atoms with Gasteiger partial charge in [-0.15, -0.1) is 0 Å². The van der Waals surface area contributed by atoms with E-state index >= 15 is 0 Å². The first kappa shape index (κ1) is 27.5. The molecule has 0 amide bonds. The Hall–Kier alpha value is -4.36. The molecule has 0 aliphatic heterocycles. The number of hydrogen-bond acceptors (Lipinski definition) is 1. The van der Waals surface area contributed by atoms with Crippen LogP contribution in [0, 0.1) is 0 Å². The fraction of sp³-hybridized carbons (Fsp3) is 0.238. The molecule has 0 unspecified atom stereocenters. The van der Waals surface area contributed by atoms with Gasteiger partial charge in [-0.1, -0.05) is 137 Å². The number of para-hydroxylation sites is 1. The van der Waals surface area contributed by atoms with Gasteiger partial charge in [0.15, 0.2) is 0 Å². The van der Waals surface area contributed by atoms with Crippen LogP contribution in [0.1, 0.15) is 69.9 Å². The molecule has 1 nitrogen and oxygen atoms in total. The van der Waals surface area contributed by atoms with Crippen LogP contribution in [0.2, 0.25) is 0 Å². The number of rotatable bonds is 5. The minimum absolute atomic E-state index is 0.0999. The van der Waals surface area contributed by atoms with Crippen LogP contribution in [0.5, 0.6) is 0 Å². The van der Waals surface area contributed by atoms with E-state index in [-0.39, 0.29) is 5.41 Å². The zero-order valence-electron chi connectivity index (χ0n) is 25.7. The second-order valence-corrected chi connectivity index (χ2v) is 13.3. The second-order valence-electron chi connectivity index (χ2n) is 13.3. The summed E-state index contributed by atoms with van der Waals surface area (Å²) in [5, 5.41) is 5.26. The minimum atomic E-state index is 0.0999. The summed E-state index contributed by atoms with van der Waals surface area (Å²) in [7, 11) is 0. The molecule has 214 valence electrons. The van der Waals surface area contributed by atoms with Gasteiger partial charge in [-0.2, -0.15) is 0 Å². The van der Waals surface area contributed by atoms with Crippen molar-refractivity contribution in [3.8, 4) is 11.1 Å². The Balaban J connectivity index is 1.45. The molecule has 1 fully saturated rings. The molecule has 0 saturated heterocycles. The SMILES string of the molecule is CC(C)(C)c1ccc(N(c2ccc3ccccc3c2)c2ccccc2-c2cccc3cccc(C4CCCCC4)c23)cc1. The summed E-state index contributed by atoms with van der Waals surface area (Å²) >= 11 is 0. The summed E-state index contributed by atoms with van der Waals surface area (Å²) in [6, 6.07) is 47.5. The van der Waals surface area contributed by atoms with Crippen LogP contribution < -0.4 is 4.90 Å². The molecule has 0 N–H and O–H groups in total. The van der Waals surface area contributed by atoms with Crippen LogP contribution in [0.25, 0.3) is 32.7 Å². The van der Waals surface area contributed by atoms with Gasteiger partial charge in [-0.25, -0.2) is 0 Å². The molecule has 1 aliphatic carbocycles. The van der Waals surface area contributed by atoms with E-state index in [2.05, 4.69) is 153 Å². The van der Waals surface area contributed by atoms with E-state index in [9.17, 15) is 0 Å². The number of nitrogens with zero attached hydrogens (tertiary/aromatic N) is 1. The number of benzene rings is 6. The minimum Gasteiger partial charge on any atom is -0.310 e. The van der Waals surface area contributed by atoms with Gasteiger partial charge in [0.1, 0.15) is 0 Å². The molecular formula is C42H41N. The van der Waals surface area contributed by atoms with E-state index in [0.717, 1.165) is 0 Å². The fourth-order valence-electron chi connectivity index (χ4n) is 7.10. The zero-order chi connectivity index (χ0) is 29.4. The summed E-state index contributed by atoms with van der Waals surface area (Å²) in [4.78, 5) is 2.45. The van der Waals surface area contributed by atoms with Crippen molar-refractivity contribution in [1.82, 2.24) is 0 Å². The maximum atomic E-state index is 2.45. The maximum absolute atomic E-state index is 2.45. The molecule has 7 rings (SSSR count). The van der Waals surface area contributed by atoms with Crippen molar-refractivity contribution < 1.29 is 0 Å². The Labute approximate surface area is 256 Å². The highest BCUT2D eigenvalue weighted by molar-refractivity contribution is 6.03. The number of fused-ring (bicyclic) bond motifs is 2. The van der Waals surface area contributed by atoms with Gasteiger partial charge in [0.05, 0.1) is 5.69 Å². The lowest BCUT2D eigenvalue weighted by molar-refractivity contribution is 0.445. The topological polar surface area (TPSA) is 3.24 Å². The lowest BCUT2D eigenvalue weighted by atomic mass is 9.80. The standard InChI is InChI=1S/C42H41N/c1-42(2,3)34-24-27-35(28-25-34)43(36-26-23-30-13-7-8-16-33(30)29-36)40-22-10-9-19-38(40)39-21-12-18-32-17-11-20-37(41(32)39)31-14-5-4-6-15-31/h7-13,16-29,31H,4-6,14-15H2,1-3H3. The van der Waals surface area contributed by atoms with Crippen LogP contribution >= 0.6 is 0 Å². The molecule has 0 heterocycles. The molecule has 1 saturated carbocycles. The predicted octanol–water partition coefficient (Wildman–Crippen LogP) is 12.5. The largest absolute Gasteiger partial charge is 0.310 e. The first-order valence-electron chi connectivity index (χ1n) is 16.0.